The van der Waals surface area contributed by atoms with Gasteiger partial charge in [0.05, 0.1) is 0 Å². The molecule has 3 aromatic heterocycles. The minimum Gasteiger partial charge on any atom is -0.309 e. The minimum absolute atomic E-state index is 0.107. The molecule has 8 nitrogen and oxygen atoms in total. The van der Waals surface area contributed by atoms with E-state index in [2.05, 4.69) is 56.1 Å². The summed E-state index contributed by atoms with van der Waals surface area (Å²) >= 11 is 0. The molecule has 0 spiro atoms. The summed E-state index contributed by atoms with van der Waals surface area (Å²) in [6, 6.07) is 10.1. The highest BCUT2D eigenvalue weighted by Crippen LogP contribution is 2.39. The van der Waals surface area contributed by atoms with Crippen LogP contribution in [0.3, 0.4) is 0 Å². The van der Waals surface area contributed by atoms with Crippen molar-refractivity contribution in [1.82, 2.24) is 24.7 Å². The molecule has 2 aliphatic carbocycles. The molecule has 3 aromatic rings. The van der Waals surface area contributed by atoms with Crippen LogP contribution in [0, 0.1) is 0 Å². The van der Waals surface area contributed by atoms with E-state index in [1.54, 1.807) is 18.6 Å². The number of nitrogens with zero attached hydrogens (tertiary/aromatic N) is 6. The molecule has 2 aliphatic rings. The second-order valence-electron chi connectivity index (χ2n) is 9.12. The van der Waals surface area contributed by atoms with Gasteiger partial charge in [-0.1, -0.05) is 25.6 Å². The summed E-state index contributed by atoms with van der Waals surface area (Å²) in [7, 11) is 0. The first-order valence-corrected chi connectivity index (χ1v) is 12.1. The molecule has 0 bridgehead atoms. The molecule has 0 saturated heterocycles. The molecular weight excluding hydrogens is 438 g/mol. The molecule has 3 heterocycles. The van der Waals surface area contributed by atoms with Crippen LogP contribution in [0.15, 0.2) is 65.7 Å². The van der Waals surface area contributed by atoms with Crippen molar-refractivity contribution in [1.29, 1.82) is 0 Å². The van der Waals surface area contributed by atoms with Crippen molar-refractivity contribution in [2.24, 2.45) is 4.99 Å². The summed E-state index contributed by atoms with van der Waals surface area (Å²) in [6.45, 7) is 7.93. The number of nitrogens with one attached hydrogen (secondary N) is 1. The lowest BCUT2D eigenvalue weighted by atomic mass is 10.00. The fourth-order valence-electron chi connectivity index (χ4n) is 4.09. The van der Waals surface area contributed by atoms with Crippen molar-refractivity contribution >= 4 is 23.5 Å². The van der Waals surface area contributed by atoms with E-state index >= 15 is 0 Å². The standard InChI is InChI=1S/C27H29N7O/c1-4-22(20-10-13-23(29-15-20)19-8-9-19)17(2)14-28-18(3)27(35)32-25-7-5-6-24(31-25)26-33-30-16-34(26)21-11-12-21/h5-7,10,13-16,19,21H,3-4,8-9,11-12H2,1-2H3,(H,31,32,35)/b22-17+,28-14?. The first-order valence-electron chi connectivity index (χ1n) is 12.1. The Kier molecular flexibility index (Phi) is 6.35. The number of allylic oxidation sites excluding steroid dienone is 2. The first-order chi connectivity index (χ1) is 17.0. The zero-order valence-electron chi connectivity index (χ0n) is 20.1. The maximum Gasteiger partial charge on any atom is 0.274 e. The van der Waals surface area contributed by atoms with Gasteiger partial charge in [-0.15, -0.1) is 10.2 Å². The van der Waals surface area contributed by atoms with Gasteiger partial charge in [0.2, 0.25) is 0 Å². The average Bonchev–Trinajstić information content (AvgIpc) is 3.82. The number of anilines is 1. The monoisotopic (exact) mass is 467 g/mol. The molecule has 0 atom stereocenters. The van der Waals surface area contributed by atoms with Gasteiger partial charge in [0.25, 0.3) is 5.91 Å². The van der Waals surface area contributed by atoms with Gasteiger partial charge in [-0.25, -0.2) is 4.98 Å². The topological polar surface area (TPSA) is 98.0 Å². The van der Waals surface area contributed by atoms with Gasteiger partial charge in [-0.2, -0.15) is 0 Å². The zero-order chi connectivity index (χ0) is 24.4. The fourth-order valence-corrected chi connectivity index (χ4v) is 4.09. The molecule has 0 aromatic carbocycles. The summed E-state index contributed by atoms with van der Waals surface area (Å²) in [4.78, 5) is 26.2. The quantitative estimate of drug-likeness (QED) is 0.338. The second kappa shape index (κ2) is 9.74. The molecule has 0 radical (unpaired) electrons. The van der Waals surface area contributed by atoms with E-state index in [4.69, 9.17) is 0 Å². The summed E-state index contributed by atoms with van der Waals surface area (Å²) in [5.41, 5.74) is 5.14. The molecule has 35 heavy (non-hydrogen) atoms. The van der Waals surface area contributed by atoms with Gasteiger partial charge in [0, 0.05) is 30.1 Å². The molecule has 1 N–H and O–H groups in total. The molecular formula is C27H29N7O. The maximum atomic E-state index is 12.7. The number of hydrogen-bond acceptors (Lipinski definition) is 6. The third-order valence-corrected chi connectivity index (χ3v) is 6.37. The Hall–Kier alpha value is -3.94. The molecule has 2 fully saturated rings. The lowest BCUT2D eigenvalue weighted by molar-refractivity contribution is -0.112. The highest BCUT2D eigenvalue weighted by molar-refractivity contribution is 6.04. The number of carbonyl (C=O) groups is 1. The van der Waals surface area contributed by atoms with Crippen molar-refractivity contribution in [3.05, 3.63) is 72.0 Å². The van der Waals surface area contributed by atoms with E-state index in [0.29, 0.717) is 29.3 Å². The second-order valence-corrected chi connectivity index (χ2v) is 9.12. The van der Waals surface area contributed by atoms with Crippen molar-refractivity contribution in [3.63, 3.8) is 0 Å². The Morgan fingerprint density at radius 2 is 2.06 bits per heavy atom. The Balaban J connectivity index is 1.26. The van der Waals surface area contributed by atoms with Gasteiger partial charge < -0.3 is 9.88 Å². The summed E-state index contributed by atoms with van der Waals surface area (Å²) in [5, 5.41) is 11.0. The van der Waals surface area contributed by atoms with E-state index in [1.807, 2.05) is 29.8 Å². The Bertz CT molecular complexity index is 1310. The molecule has 178 valence electrons. The number of aliphatic imine (C=N–C) groups is 1. The normalized spacial score (nSPS) is 16.3. The third kappa shape index (κ3) is 5.26. The van der Waals surface area contributed by atoms with Crippen molar-refractivity contribution in [3.8, 4) is 11.5 Å². The number of hydrogen-bond donors (Lipinski definition) is 1. The van der Waals surface area contributed by atoms with Crippen molar-refractivity contribution in [2.75, 3.05) is 5.32 Å². The van der Waals surface area contributed by atoms with E-state index in [1.165, 1.54) is 18.5 Å². The van der Waals surface area contributed by atoms with Crippen molar-refractivity contribution in [2.45, 2.75) is 57.9 Å². The van der Waals surface area contributed by atoms with Gasteiger partial charge in [0.1, 0.15) is 23.5 Å². The number of amides is 1. The van der Waals surface area contributed by atoms with Gasteiger partial charge in [0.15, 0.2) is 5.82 Å². The Morgan fingerprint density at radius 1 is 1.23 bits per heavy atom. The summed E-state index contributed by atoms with van der Waals surface area (Å²) in [6.07, 6.45) is 10.9. The molecule has 0 aliphatic heterocycles. The fraction of sp³-hybridized carbons (Fsp3) is 0.333. The van der Waals surface area contributed by atoms with Gasteiger partial charge in [-0.3, -0.25) is 14.8 Å². The Labute approximate surface area is 205 Å². The lowest BCUT2D eigenvalue weighted by Gasteiger charge is -2.09. The smallest absolute Gasteiger partial charge is 0.274 e. The maximum absolute atomic E-state index is 12.7. The number of rotatable bonds is 9. The highest BCUT2D eigenvalue weighted by atomic mass is 16.2. The van der Waals surface area contributed by atoms with Crippen molar-refractivity contribution < 1.29 is 4.79 Å². The SMILES string of the molecule is C=C(N=C/C(C)=C(\CC)c1ccc(C2CC2)nc1)C(=O)Nc1cccc(-c2nncn2C2CC2)n1. The molecule has 1 amide bonds. The Morgan fingerprint density at radius 3 is 2.74 bits per heavy atom. The minimum atomic E-state index is -0.407. The third-order valence-electron chi connectivity index (χ3n) is 6.37. The van der Waals surface area contributed by atoms with Crippen LogP contribution in [0.4, 0.5) is 5.82 Å². The predicted octanol–water partition coefficient (Wildman–Crippen LogP) is 5.35. The van der Waals surface area contributed by atoms with Crippen LogP contribution in [0.5, 0.6) is 0 Å². The molecule has 2 saturated carbocycles. The van der Waals surface area contributed by atoms with Crippen LogP contribution >= 0.6 is 0 Å². The van der Waals surface area contributed by atoms with Gasteiger partial charge >= 0.3 is 0 Å². The van der Waals surface area contributed by atoms with E-state index in [0.717, 1.165) is 36.0 Å². The lowest BCUT2D eigenvalue weighted by Crippen LogP contribution is -2.14. The van der Waals surface area contributed by atoms with E-state index in [9.17, 15) is 4.79 Å². The highest BCUT2D eigenvalue weighted by Gasteiger charge is 2.27. The van der Waals surface area contributed by atoms with Crippen LogP contribution in [0.1, 0.15) is 69.2 Å². The molecule has 5 rings (SSSR count). The van der Waals surface area contributed by atoms with E-state index < -0.39 is 5.91 Å². The number of aromatic nitrogens is 5. The van der Waals surface area contributed by atoms with Crippen LogP contribution in [-0.4, -0.2) is 36.9 Å². The predicted molar refractivity (Wildman–Crippen MR) is 137 cm³/mol. The zero-order valence-corrected chi connectivity index (χ0v) is 20.1. The van der Waals surface area contributed by atoms with Crippen LogP contribution in [0.2, 0.25) is 0 Å². The van der Waals surface area contributed by atoms with Gasteiger partial charge in [-0.05, 0) is 73.9 Å². The summed E-state index contributed by atoms with van der Waals surface area (Å²) < 4.78 is 2.03. The molecule has 0 unspecified atom stereocenters. The molecule has 8 heteroatoms. The van der Waals surface area contributed by atoms with E-state index in [-0.39, 0.29) is 5.70 Å². The average molecular weight is 468 g/mol. The number of pyridine rings is 2. The number of carbonyl (C=O) groups excluding carboxylic acids is 1. The van der Waals surface area contributed by atoms with Crippen LogP contribution in [-0.2, 0) is 4.79 Å². The largest absolute Gasteiger partial charge is 0.309 e. The summed E-state index contributed by atoms with van der Waals surface area (Å²) in [5.74, 6) is 1.34. The van der Waals surface area contributed by atoms with Crippen LogP contribution < -0.4 is 5.32 Å². The van der Waals surface area contributed by atoms with Crippen LogP contribution in [0.25, 0.3) is 17.1 Å². The first kappa shape index (κ1) is 22.8.